The van der Waals surface area contributed by atoms with Crippen LogP contribution in [0.15, 0.2) is 18.3 Å². The van der Waals surface area contributed by atoms with Crippen LogP contribution in [0.4, 0.5) is 13.2 Å². The number of hydrogen-bond donors (Lipinski definition) is 1. The van der Waals surface area contributed by atoms with Crippen LogP contribution in [0.1, 0.15) is 11.3 Å². The number of rotatable bonds is 2. The van der Waals surface area contributed by atoms with Gasteiger partial charge in [-0.1, -0.05) is 0 Å². The first-order valence-corrected chi connectivity index (χ1v) is 5.27. The molecule has 1 aromatic rings. The monoisotopic (exact) mass is 241 g/mol. The summed E-state index contributed by atoms with van der Waals surface area (Å²) in [6.07, 6.45) is -4.00. The lowest BCUT2D eigenvalue weighted by Crippen LogP contribution is -2.08. The number of nitrogens with zero attached hydrogens (tertiary/aromatic N) is 1. The molecule has 0 fully saturated rings. The van der Waals surface area contributed by atoms with Crippen LogP contribution < -0.4 is 0 Å². The van der Waals surface area contributed by atoms with Crippen molar-refractivity contribution in [3.8, 4) is 0 Å². The van der Waals surface area contributed by atoms with Crippen LogP contribution in [-0.2, 0) is 22.0 Å². The fraction of sp³-hybridized carbons (Fsp3) is 0.286. The Labute approximate surface area is 83.5 Å². The molecule has 1 heterocycles. The van der Waals surface area contributed by atoms with Crippen molar-refractivity contribution in [2.24, 2.45) is 0 Å². The Hall–Kier alpha value is -1.15. The molecule has 84 valence electrons. The predicted molar refractivity (Wildman–Crippen MR) is 44.5 cm³/mol. The van der Waals surface area contributed by atoms with E-state index in [-0.39, 0.29) is 5.69 Å². The van der Waals surface area contributed by atoms with Crippen molar-refractivity contribution in [2.75, 3.05) is 0 Å². The summed E-state index contributed by atoms with van der Waals surface area (Å²) in [6.45, 7) is 0. The topological polar surface area (TPSA) is 67.3 Å². The smallest absolute Gasteiger partial charge is 0.285 e. The number of alkyl halides is 3. The van der Waals surface area contributed by atoms with Gasteiger partial charge in [0.25, 0.3) is 10.1 Å². The second kappa shape index (κ2) is 3.78. The largest absolute Gasteiger partial charge is 0.417 e. The Morgan fingerprint density at radius 3 is 2.27 bits per heavy atom. The van der Waals surface area contributed by atoms with E-state index < -0.39 is 27.6 Å². The van der Waals surface area contributed by atoms with Crippen molar-refractivity contribution < 1.29 is 26.1 Å². The number of aromatic nitrogens is 1. The maximum atomic E-state index is 12.0. The molecule has 0 saturated carbocycles. The molecule has 1 aromatic heterocycles. The number of halogens is 3. The predicted octanol–water partition coefficient (Wildman–Crippen LogP) is 1.49. The first kappa shape index (κ1) is 11.9. The molecule has 0 unspecified atom stereocenters. The van der Waals surface area contributed by atoms with Gasteiger partial charge in [0.05, 0.1) is 11.3 Å². The van der Waals surface area contributed by atoms with E-state index in [0.29, 0.717) is 12.3 Å². The summed E-state index contributed by atoms with van der Waals surface area (Å²) in [5.74, 6) is -0.800. The van der Waals surface area contributed by atoms with Crippen LogP contribution in [0.2, 0.25) is 0 Å². The maximum absolute atomic E-state index is 12.0. The normalized spacial score (nSPS) is 12.8. The van der Waals surface area contributed by atoms with E-state index in [1.54, 1.807) is 0 Å². The molecule has 4 nitrogen and oxygen atoms in total. The Bertz CT molecular complexity index is 438. The Morgan fingerprint density at radius 2 is 1.93 bits per heavy atom. The fourth-order valence-electron chi connectivity index (χ4n) is 0.864. The summed E-state index contributed by atoms with van der Waals surface area (Å²) in [7, 11) is -4.27. The molecule has 0 atom stereocenters. The Kier molecular flexibility index (Phi) is 3.00. The summed E-state index contributed by atoms with van der Waals surface area (Å²) in [5.41, 5.74) is -1.12. The summed E-state index contributed by atoms with van der Waals surface area (Å²) in [4.78, 5) is 3.27. The summed E-state index contributed by atoms with van der Waals surface area (Å²) < 4.78 is 65.3. The first-order chi connectivity index (χ1) is 6.68. The second-order valence-electron chi connectivity index (χ2n) is 2.76. The van der Waals surface area contributed by atoms with Gasteiger partial charge in [0.2, 0.25) is 0 Å². The van der Waals surface area contributed by atoms with E-state index in [1.807, 2.05) is 0 Å². The zero-order chi connectivity index (χ0) is 11.7. The summed E-state index contributed by atoms with van der Waals surface area (Å²) in [6, 6.07) is 1.60. The zero-order valence-corrected chi connectivity index (χ0v) is 8.01. The fourth-order valence-corrected chi connectivity index (χ4v) is 1.41. The molecule has 8 heteroatoms. The van der Waals surface area contributed by atoms with Gasteiger partial charge >= 0.3 is 6.18 Å². The third-order valence-electron chi connectivity index (χ3n) is 1.48. The second-order valence-corrected chi connectivity index (χ2v) is 4.21. The molecule has 0 amide bonds. The minimum absolute atomic E-state index is 0.148. The van der Waals surface area contributed by atoms with Crippen LogP contribution >= 0.6 is 0 Å². The maximum Gasteiger partial charge on any atom is 0.417 e. The number of hydrogen-bond acceptors (Lipinski definition) is 3. The quantitative estimate of drug-likeness (QED) is 0.796. The van der Waals surface area contributed by atoms with Crippen molar-refractivity contribution in [3.05, 3.63) is 29.6 Å². The van der Waals surface area contributed by atoms with Crippen molar-refractivity contribution in [3.63, 3.8) is 0 Å². The molecule has 0 spiro atoms. The molecule has 1 rings (SSSR count). The molecular weight excluding hydrogens is 235 g/mol. The minimum Gasteiger partial charge on any atom is -0.285 e. The van der Waals surface area contributed by atoms with Gasteiger partial charge in [-0.15, -0.1) is 0 Å². The van der Waals surface area contributed by atoms with Crippen molar-refractivity contribution in [2.45, 2.75) is 11.9 Å². The van der Waals surface area contributed by atoms with E-state index in [0.717, 1.165) is 6.07 Å². The lowest BCUT2D eigenvalue weighted by molar-refractivity contribution is -0.137. The Balaban J connectivity index is 2.91. The zero-order valence-electron chi connectivity index (χ0n) is 7.19. The van der Waals surface area contributed by atoms with Crippen molar-refractivity contribution >= 4 is 10.1 Å². The molecule has 15 heavy (non-hydrogen) atoms. The lowest BCUT2D eigenvalue weighted by Gasteiger charge is -2.05. The molecule has 0 aliphatic heterocycles. The highest BCUT2D eigenvalue weighted by atomic mass is 32.2. The molecule has 0 aliphatic carbocycles. The molecule has 0 aliphatic rings. The lowest BCUT2D eigenvalue weighted by atomic mass is 10.2. The average molecular weight is 241 g/mol. The van der Waals surface area contributed by atoms with E-state index in [9.17, 15) is 21.6 Å². The molecular formula is C7H6F3NO3S. The molecule has 0 saturated heterocycles. The third-order valence-corrected chi connectivity index (χ3v) is 2.14. The van der Waals surface area contributed by atoms with Gasteiger partial charge < -0.3 is 0 Å². The highest BCUT2D eigenvalue weighted by molar-refractivity contribution is 7.84. The van der Waals surface area contributed by atoms with Gasteiger partial charge in [0.1, 0.15) is 5.75 Å². The summed E-state index contributed by atoms with van der Waals surface area (Å²) >= 11 is 0. The van der Waals surface area contributed by atoms with Crippen molar-refractivity contribution in [1.29, 1.82) is 0 Å². The van der Waals surface area contributed by atoms with Gasteiger partial charge in [-0.2, -0.15) is 21.6 Å². The standard InChI is InChI=1S/C7H6F3NO3S/c8-7(9,10)5-1-2-6(11-3-5)4-15(12,13)14/h1-3H,4H2,(H,12,13,14). The number of pyridine rings is 1. The van der Waals surface area contributed by atoms with Crippen molar-refractivity contribution in [1.82, 2.24) is 4.98 Å². The van der Waals surface area contributed by atoms with E-state index >= 15 is 0 Å². The van der Waals surface area contributed by atoms with E-state index in [4.69, 9.17) is 4.55 Å². The van der Waals surface area contributed by atoms with Crippen LogP contribution in [-0.4, -0.2) is 18.0 Å². The van der Waals surface area contributed by atoms with Crippen LogP contribution in [0.25, 0.3) is 0 Å². The minimum atomic E-state index is -4.51. The Morgan fingerprint density at radius 1 is 1.33 bits per heavy atom. The SMILES string of the molecule is O=S(=O)(O)Cc1ccc(C(F)(F)F)cn1. The average Bonchev–Trinajstić information content (AvgIpc) is 2.00. The van der Waals surface area contributed by atoms with Crippen LogP contribution in [0.3, 0.4) is 0 Å². The van der Waals surface area contributed by atoms with Gasteiger partial charge in [0, 0.05) is 6.20 Å². The third kappa shape index (κ3) is 3.84. The highest BCUT2D eigenvalue weighted by Crippen LogP contribution is 2.28. The molecule has 0 bridgehead atoms. The molecule has 0 radical (unpaired) electrons. The summed E-state index contributed by atoms with van der Waals surface area (Å²) in [5, 5.41) is 0. The molecule has 1 N–H and O–H groups in total. The van der Waals surface area contributed by atoms with Crippen LogP contribution in [0.5, 0.6) is 0 Å². The van der Waals surface area contributed by atoms with Crippen LogP contribution in [0, 0.1) is 0 Å². The van der Waals surface area contributed by atoms with Gasteiger partial charge in [-0.25, -0.2) is 0 Å². The van der Waals surface area contributed by atoms with Gasteiger partial charge in [0.15, 0.2) is 0 Å². The molecule has 0 aromatic carbocycles. The first-order valence-electron chi connectivity index (χ1n) is 3.66. The highest BCUT2D eigenvalue weighted by Gasteiger charge is 2.30. The van der Waals surface area contributed by atoms with E-state index in [1.165, 1.54) is 0 Å². The van der Waals surface area contributed by atoms with Gasteiger partial charge in [-0.3, -0.25) is 9.54 Å². The van der Waals surface area contributed by atoms with E-state index in [2.05, 4.69) is 4.98 Å². The van der Waals surface area contributed by atoms with Gasteiger partial charge in [-0.05, 0) is 12.1 Å².